The number of likely N-dealkylation sites (tertiary alicyclic amines) is 1. The van der Waals surface area contributed by atoms with Crippen LogP contribution in [-0.4, -0.2) is 49.8 Å². The molecule has 2 fully saturated rings. The van der Waals surface area contributed by atoms with Crippen molar-refractivity contribution < 1.29 is 4.74 Å². The molecule has 15 heavy (non-hydrogen) atoms. The van der Waals surface area contributed by atoms with Crippen molar-refractivity contribution in [2.75, 3.05) is 27.2 Å². The Bertz CT molecular complexity index is 206. The highest BCUT2D eigenvalue weighted by Gasteiger charge is 2.37. The molecule has 0 bridgehead atoms. The molecule has 3 heteroatoms. The van der Waals surface area contributed by atoms with E-state index in [0.29, 0.717) is 11.6 Å². The Balaban J connectivity index is 1.75. The summed E-state index contributed by atoms with van der Waals surface area (Å²) in [4.78, 5) is 2.65. The molecule has 0 unspecified atom stereocenters. The second kappa shape index (κ2) is 4.40. The molecule has 1 saturated carbocycles. The minimum atomic E-state index is 0.376. The lowest BCUT2D eigenvalue weighted by Crippen LogP contribution is -2.56. The van der Waals surface area contributed by atoms with E-state index in [1.165, 1.54) is 38.8 Å². The fourth-order valence-electron chi connectivity index (χ4n) is 2.66. The lowest BCUT2D eigenvalue weighted by Gasteiger charge is -2.47. The van der Waals surface area contributed by atoms with Gasteiger partial charge in [-0.25, -0.2) is 0 Å². The minimum Gasteiger partial charge on any atom is -0.381 e. The zero-order valence-corrected chi connectivity index (χ0v) is 10.3. The Morgan fingerprint density at radius 2 is 1.87 bits per heavy atom. The number of hydrogen-bond donors (Lipinski definition) is 1. The van der Waals surface area contributed by atoms with Gasteiger partial charge in [-0.2, -0.15) is 0 Å². The van der Waals surface area contributed by atoms with E-state index in [1.54, 1.807) is 0 Å². The first-order valence-electron chi connectivity index (χ1n) is 6.12. The molecule has 0 aromatic rings. The summed E-state index contributed by atoms with van der Waals surface area (Å²) >= 11 is 0. The van der Waals surface area contributed by atoms with Crippen LogP contribution < -0.4 is 5.32 Å². The number of ether oxygens (including phenoxy) is 1. The third-order valence-corrected chi connectivity index (χ3v) is 4.42. The zero-order chi connectivity index (χ0) is 10.9. The monoisotopic (exact) mass is 212 g/mol. The van der Waals surface area contributed by atoms with Crippen molar-refractivity contribution in [2.45, 2.75) is 50.3 Å². The van der Waals surface area contributed by atoms with Gasteiger partial charge >= 0.3 is 0 Å². The van der Waals surface area contributed by atoms with Gasteiger partial charge < -0.3 is 15.0 Å². The van der Waals surface area contributed by atoms with Crippen molar-refractivity contribution in [3.8, 4) is 0 Å². The molecule has 88 valence electrons. The van der Waals surface area contributed by atoms with Crippen molar-refractivity contribution >= 4 is 0 Å². The highest BCUT2D eigenvalue weighted by molar-refractivity contribution is 4.94. The van der Waals surface area contributed by atoms with Gasteiger partial charge in [0, 0.05) is 31.8 Å². The highest BCUT2D eigenvalue weighted by Crippen LogP contribution is 2.31. The van der Waals surface area contributed by atoms with E-state index >= 15 is 0 Å². The van der Waals surface area contributed by atoms with Crippen LogP contribution in [0, 0.1) is 0 Å². The first-order valence-corrected chi connectivity index (χ1v) is 6.12. The Labute approximate surface area is 93.2 Å². The van der Waals surface area contributed by atoms with Gasteiger partial charge in [-0.3, -0.25) is 0 Å². The molecule has 1 aliphatic carbocycles. The van der Waals surface area contributed by atoms with E-state index in [2.05, 4.69) is 24.2 Å². The van der Waals surface area contributed by atoms with E-state index in [9.17, 15) is 0 Å². The van der Waals surface area contributed by atoms with Gasteiger partial charge in [0.2, 0.25) is 0 Å². The van der Waals surface area contributed by atoms with Gasteiger partial charge in [0.1, 0.15) is 0 Å². The van der Waals surface area contributed by atoms with Gasteiger partial charge in [0.15, 0.2) is 0 Å². The highest BCUT2D eigenvalue weighted by atomic mass is 16.5. The van der Waals surface area contributed by atoms with Crippen LogP contribution in [0.4, 0.5) is 0 Å². The smallest absolute Gasteiger partial charge is 0.0601 e. The lowest BCUT2D eigenvalue weighted by atomic mass is 9.83. The molecule has 2 aliphatic rings. The van der Waals surface area contributed by atoms with Crippen molar-refractivity contribution in [3.05, 3.63) is 0 Å². The van der Waals surface area contributed by atoms with Gasteiger partial charge in [-0.1, -0.05) is 0 Å². The minimum absolute atomic E-state index is 0.376. The molecule has 0 amide bonds. The molecule has 3 nitrogen and oxygen atoms in total. The van der Waals surface area contributed by atoms with Crippen LogP contribution in [-0.2, 0) is 4.74 Å². The standard InChI is InChI=1S/C12H24N2O/c1-12(13-2)4-6-14(7-5-12)10-8-11(9-10)15-3/h10-11,13H,4-9H2,1-3H3. The summed E-state index contributed by atoms with van der Waals surface area (Å²) in [6.07, 6.45) is 5.57. The Kier molecular flexibility index (Phi) is 3.33. The van der Waals surface area contributed by atoms with Crippen LogP contribution in [0.2, 0.25) is 0 Å². The maximum absolute atomic E-state index is 5.33. The average molecular weight is 212 g/mol. The summed E-state index contributed by atoms with van der Waals surface area (Å²) in [5.74, 6) is 0. The molecule has 2 rings (SSSR count). The maximum atomic E-state index is 5.33. The fourth-order valence-corrected chi connectivity index (χ4v) is 2.66. The predicted octanol–water partition coefficient (Wildman–Crippen LogP) is 1.24. The average Bonchev–Trinajstić information content (AvgIpc) is 2.20. The van der Waals surface area contributed by atoms with E-state index in [0.717, 1.165) is 6.04 Å². The molecular formula is C12H24N2O. The van der Waals surface area contributed by atoms with Crippen LogP contribution in [0.5, 0.6) is 0 Å². The molecule has 0 radical (unpaired) electrons. The van der Waals surface area contributed by atoms with E-state index < -0.39 is 0 Å². The quantitative estimate of drug-likeness (QED) is 0.762. The largest absolute Gasteiger partial charge is 0.381 e. The first kappa shape index (κ1) is 11.4. The SMILES string of the molecule is CNC1(C)CCN(C2CC(OC)C2)CC1. The number of methoxy groups -OCH3 is 1. The van der Waals surface area contributed by atoms with Crippen LogP contribution in [0.1, 0.15) is 32.6 Å². The van der Waals surface area contributed by atoms with E-state index in [4.69, 9.17) is 4.74 Å². The second-order valence-electron chi connectivity index (χ2n) is 5.33. The maximum Gasteiger partial charge on any atom is 0.0601 e. The van der Waals surface area contributed by atoms with Gasteiger partial charge in [-0.05, 0) is 39.7 Å². The topological polar surface area (TPSA) is 24.5 Å². The molecule has 1 saturated heterocycles. The number of nitrogens with zero attached hydrogens (tertiary/aromatic N) is 1. The molecule has 0 spiro atoms. The van der Waals surface area contributed by atoms with Gasteiger partial charge in [0.05, 0.1) is 6.10 Å². The number of rotatable bonds is 3. The third kappa shape index (κ3) is 2.35. The van der Waals surface area contributed by atoms with Gasteiger partial charge in [-0.15, -0.1) is 0 Å². The van der Waals surface area contributed by atoms with Crippen molar-refractivity contribution in [3.63, 3.8) is 0 Å². The van der Waals surface area contributed by atoms with Crippen LogP contribution in [0.25, 0.3) is 0 Å². The number of hydrogen-bond acceptors (Lipinski definition) is 3. The number of piperidine rings is 1. The Morgan fingerprint density at radius 3 is 2.33 bits per heavy atom. The van der Waals surface area contributed by atoms with Crippen molar-refractivity contribution in [1.82, 2.24) is 10.2 Å². The summed E-state index contributed by atoms with van der Waals surface area (Å²) in [5, 5.41) is 3.44. The summed E-state index contributed by atoms with van der Waals surface area (Å²) < 4.78 is 5.33. The lowest BCUT2D eigenvalue weighted by molar-refractivity contribution is -0.0387. The Hall–Kier alpha value is -0.120. The molecule has 0 atom stereocenters. The number of nitrogens with one attached hydrogen (secondary N) is 1. The van der Waals surface area contributed by atoms with Crippen LogP contribution in [0.3, 0.4) is 0 Å². The fraction of sp³-hybridized carbons (Fsp3) is 1.00. The van der Waals surface area contributed by atoms with Crippen LogP contribution in [0.15, 0.2) is 0 Å². The third-order valence-electron chi connectivity index (χ3n) is 4.42. The summed E-state index contributed by atoms with van der Waals surface area (Å²) in [5.41, 5.74) is 0.376. The zero-order valence-electron chi connectivity index (χ0n) is 10.3. The molecule has 1 aliphatic heterocycles. The van der Waals surface area contributed by atoms with Crippen molar-refractivity contribution in [2.24, 2.45) is 0 Å². The van der Waals surface area contributed by atoms with Gasteiger partial charge in [0.25, 0.3) is 0 Å². The first-order chi connectivity index (χ1) is 7.17. The van der Waals surface area contributed by atoms with E-state index in [1.807, 2.05) is 7.11 Å². The van der Waals surface area contributed by atoms with E-state index in [-0.39, 0.29) is 0 Å². The summed E-state index contributed by atoms with van der Waals surface area (Å²) in [6.45, 7) is 4.83. The predicted molar refractivity (Wildman–Crippen MR) is 62.1 cm³/mol. The van der Waals surface area contributed by atoms with Crippen LogP contribution >= 0.6 is 0 Å². The molecule has 0 aromatic carbocycles. The Morgan fingerprint density at radius 1 is 1.27 bits per heavy atom. The summed E-state index contributed by atoms with van der Waals surface area (Å²) in [7, 11) is 3.91. The molecule has 1 N–H and O–H groups in total. The van der Waals surface area contributed by atoms with Crippen molar-refractivity contribution in [1.29, 1.82) is 0 Å². The molecular weight excluding hydrogens is 188 g/mol. The molecule has 1 heterocycles. The normalized spacial score (nSPS) is 36.2. The summed E-state index contributed by atoms with van der Waals surface area (Å²) in [6, 6.07) is 0.802. The molecule has 0 aromatic heterocycles. The second-order valence-corrected chi connectivity index (χ2v) is 5.33.